The molecule has 0 aliphatic carbocycles. The van der Waals surface area contributed by atoms with Crippen LogP contribution in [-0.2, 0) is 0 Å². The third-order valence-corrected chi connectivity index (χ3v) is 4.83. The van der Waals surface area contributed by atoms with Gasteiger partial charge in [-0.15, -0.1) is 11.3 Å². The summed E-state index contributed by atoms with van der Waals surface area (Å²) in [6, 6.07) is 5.46. The molecular weight excluding hydrogens is 351 g/mol. The second kappa shape index (κ2) is 5.61. The van der Waals surface area contributed by atoms with Gasteiger partial charge in [0.1, 0.15) is 15.2 Å². The van der Waals surface area contributed by atoms with Crippen molar-refractivity contribution in [1.29, 1.82) is 0 Å². The molecule has 0 spiro atoms. The number of rotatable bonds is 2. The highest BCUT2D eigenvalue weighted by molar-refractivity contribution is 7.20. The van der Waals surface area contributed by atoms with E-state index in [9.17, 15) is 0 Å². The smallest absolute Gasteiger partial charge is 0.163 e. The highest BCUT2D eigenvalue weighted by Gasteiger charge is 2.15. The van der Waals surface area contributed by atoms with Crippen molar-refractivity contribution in [3.05, 3.63) is 37.6 Å². The van der Waals surface area contributed by atoms with Crippen LogP contribution in [0.1, 0.15) is 5.56 Å². The monoisotopic (exact) mass is 358 g/mol. The Bertz CT molecular complexity index is 848. The Kier molecular flexibility index (Phi) is 3.97. The van der Waals surface area contributed by atoms with Crippen LogP contribution in [0, 0.1) is 6.92 Å². The van der Waals surface area contributed by atoms with Gasteiger partial charge in [0.2, 0.25) is 0 Å². The van der Waals surface area contributed by atoms with Gasteiger partial charge in [-0.05, 0) is 30.7 Å². The summed E-state index contributed by atoms with van der Waals surface area (Å²) in [7, 11) is 1.61. The molecule has 1 aromatic carbocycles. The minimum absolute atomic E-state index is 0.357. The van der Waals surface area contributed by atoms with Crippen molar-refractivity contribution in [1.82, 2.24) is 9.97 Å². The highest BCUT2D eigenvalue weighted by atomic mass is 35.5. The average molecular weight is 360 g/mol. The van der Waals surface area contributed by atoms with Crippen LogP contribution in [0.25, 0.3) is 22.3 Å². The first kappa shape index (κ1) is 14.9. The largest absolute Gasteiger partial charge is 0.497 e. The van der Waals surface area contributed by atoms with Crippen molar-refractivity contribution in [3.63, 3.8) is 0 Å². The van der Waals surface area contributed by atoms with Crippen molar-refractivity contribution < 1.29 is 4.74 Å². The summed E-state index contributed by atoms with van der Waals surface area (Å²) < 4.78 is 6.37. The number of methoxy groups -OCH3 is 1. The van der Waals surface area contributed by atoms with E-state index in [1.807, 2.05) is 19.1 Å². The number of nitrogens with zero attached hydrogens (tertiary/aromatic N) is 2. The van der Waals surface area contributed by atoms with E-state index in [-0.39, 0.29) is 0 Å². The van der Waals surface area contributed by atoms with E-state index in [4.69, 9.17) is 39.5 Å². The summed E-state index contributed by atoms with van der Waals surface area (Å²) in [6.07, 6.45) is 0. The Hall–Kier alpha value is -1.07. The molecule has 0 unspecified atom stereocenters. The van der Waals surface area contributed by atoms with Gasteiger partial charge in [0.25, 0.3) is 0 Å². The number of fused-ring (bicyclic) bond motifs is 1. The fourth-order valence-electron chi connectivity index (χ4n) is 2.07. The lowest BCUT2D eigenvalue weighted by Crippen LogP contribution is -1.94. The van der Waals surface area contributed by atoms with Crippen LogP contribution in [0.3, 0.4) is 0 Å². The lowest BCUT2D eigenvalue weighted by atomic mass is 10.1. The first-order valence-electron chi connectivity index (χ1n) is 5.96. The maximum absolute atomic E-state index is 6.29. The SMILES string of the molecule is COc1cc(C)c2nc(-c3cc(Cl)sc3Cl)nc(Cl)c2c1. The van der Waals surface area contributed by atoms with Crippen molar-refractivity contribution in [3.8, 4) is 17.1 Å². The molecule has 3 aromatic rings. The zero-order valence-corrected chi connectivity index (χ0v) is 14.2. The van der Waals surface area contributed by atoms with Gasteiger partial charge < -0.3 is 4.74 Å². The Morgan fingerprint density at radius 3 is 2.48 bits per heavy atom. The maximum atomic E-state index is 6.29. The van der Waals surface area contributed by atoms with Gasteiger partial charge in [-0.25, -0.2) is 9.97 Å². The van der Waals surface area contributed by atoms with Crippen LogP contribution >= 0.6 is 46.1 Å². The third kappa shape index (κ3) is 2.69. The molecule has 0 radical (unpaired) electrons. The standard InChI is InChI=1S/C14H9Cl3N2OS/c1-6-3-7(20-2)4-8-11(6)18-14(19-12(8)16)9-5-10(15)21-13(9)17/h3-5H,1-2H3. The fraction of sp³-hybridized carbons (Fsp3) is 0.143. The minimum Gasteiger partial charge on any atom is -0.497 e. The number of hydrogen-bond donors (Lipinski definition) is 0. The molecule has 2 heterocycles. The number of ether oxygens (including phenoxy) is 1. The second-order valence-electron chi connectivity index (χ2n) is 4.42. The van der Waals surface area contributed by atoms with E-state index >= 15 is 0 Å². The molecule has 0 aliphatic rings. The van der Waals surface area contributed by atoms with E-state index in [0.717, 1.165) is 22.2 Å². The normalized spacial score (nSPS) is 11.1. The Morgan fingerprint density at radius 2 is 1.86 bits per heavy atom. The molecule has 0 fully saturated rings. The van der Waals surface area contributed by atoms with E-state index in [1.54, 1.807) is 13.2 Å². The predicted octanol–water partition coefficient (Wildman–Crippen LogP) is 5.64. The molecule has 0 atom stereocenters. The summed E-state index contributed by atoms with van der Waals surface area (Å²) >= 11 is 19.7. The van der Waals surface area contributed by atoms with Crippen LogP contribution in [0.5, 0.6) is 5.75 Å². The molecule has 0 bridgehead atoms. The quantitative estimate of drug-likeness (QED) is 0.556. The number of halogens is 3. The average Bonchev–Trinajstić information content (AvgIpc) is 2.78. The lowest BCUT2D eigenvalue weighted by molar-refractivity contribution is 0.415. The topological polar surface area (TPSA) is 35.0 Å². The van der Waals surface area contributed by atoms with Crippen molar-refractivity contribution in [2.45, 2.75) is 6.92 Å². The Morgan fingerprint density at radius 1 is 1.10 bits per heavy atom. The Balaban J connectivity index is 2.28. The molecule has 0 saturated carbocycles. The molecule has 0 aliphatic heterocycles. The maximum Gasteiger partial charge on any atom is 0.163 e. The molecule has 0 saturated heterocycles. The molecule has 7 heteroatoms. The second-order valence-corrected chi connectivity index (χ2v) is 7.06. The lowest BCUT2D eigenvalue weighted by Gasteiger charge is -2.08. The number of aromatic nitrogens is 2. The van der Waals surface area contributed by atoms with E-state index in [1.165, 1.54) is 11.3 Å². The molecule has 0 N–H and O–H groups in total. The van der Waals surface area contributed by atoms with E-state index in [2.05, 4.69) is 9.97 Å². The zero-order valence-electron chi connectivity index (χ0n) is 11.1. The summed E-state index contributed by atoms with van der Waals surface area (Å²) in [5.74, 6) is 1.18. The highest BCUT2D eigenvalue weighted by Crippen LogP contribution is 2.38. The molecule has 21 heavy (non-hydrogen) atoms. The van der Waals surface area contributed by atoms with Gasteiger partial charge in [0, 0.05) is 5.39 Å². The van der Waals surface area contributed by atoms with E-state index in [0.29, 0.717) is 25.2 Å². The summed E-state index contributed by atoms with van der Waals surface area (Å²) in [6.45, 7) is 1.94. The van der Waals surface area contributed by atoms with Crippen LogP contribution < -0.4 is 4.74 Å². The molecule has 3 nitrogen and oxygen atoms in total. The van der Waals surface area contributed by atoms with Gasteiger partial charge in [0.15, 0.2) is 5.82 Å². The van der Waals surface area contributed by atoms with Gasteiger partial charge in [-0.1, -0.05) is 34.8 Å². The predicted molar refractivity (Wildman–Crippen MR) is 89.2 cm³/mol. The number of benzene rings is 1. The first-order valence-corrected chi connectivity index (χ1v) is 7.91. The van der Waals surface area contributed by atoms with Crippen LogP contribution in [0.4, 0.5) is 0 Å². The molecule has 3 rings (SSSR count). The third-order valence-electron chi connectivity index (χ3n) is 3.05. The van der Waals surface area contributed by atoms with Crippen LogP contribution in [0.15, 0.2) is 18.2 Å². The molecular formula is C14H9Cl3N2OS. The fourth-order valence-corrected chi connectivity index (χ4v) is 3.75. The molecule has 0 amide bonds. The zero-order chi connectivity index (χ0) is 15.1. The van der Waals surface area contributed by atoms with Gasteiger partial charge >= 0.3 is 0 Å². The minimum atomic E-state index is 0.357. The number of thiophene rings is 1. The van der Waals surface area contributed by atoms with Gasteiger partial charge in [-0.3, -0.25) is 0 Å². The van der Waals surface area contributed by atoms with Crippen molar-refractivity contribution in [2.24, 2.45) is 0 Å². The van der Waals surface area contributed by atoms with Crippen LogP contribution in [0.2, 0.25) is 13.8 Å². The summed E-state index contributed by atoms with van der Waals surface area (Å²) in [5.41, 5.74) is 2.40. The summed E-state index contributed by atoms with van der Waals surface area (Å²) in [5, 5.41) is 1.10. The van der Waals surface area contributed by atoms with Crippen LogP contribution in [-0.4, -0.2) is 17.1 Å². The van der Waals surface area contributed by atoms with E-state index < -0.39 is 0 Å². The van der Waals surface area contributed by atoms with Gasteiger partial charge in [-0.2, -0.15) is 0 Å². The number of hydrogen-bond acceptors (Lipinski definition) is 4. The molecule has 2 aromatic heterocycles. The Labute approximate surface area is 140 Å². The van der Waals surface area contributed by atoms with Gasteiger partial charge in [0.05, 0.1) is 22.5 Å². The molecule has 108 valence electrons. The van der Waals surface area contributed by atoms with Crippen molar-refractivity contribution in [2.75, 3.05) is 7.11 Å². The first-order chi connectivity index (χ1) is 9.99. The van der Waals surface area contributed by atoms with Crippen molar-refractivity contribution >= 4 is 57.0 Å². The summed E-state index contributed by atoms with van der Waals surface area (Å²) in [4.78, 5) is 8.89. The number of aryl methyl sites for hydroxylation is 1.